The number of ether oxygens (including phenoxy) is 2. The van der Waals surface area contributed by atoms with Crippen molar-refractivity contribution in [3.63, 3.8) is 0 Å². The predicted octanol–water partition coefficient (Wildman–Crippen LogP) is 3.00. The van der Waals surface area contributed by atoms with Crippen LogP contribution in [0.1, 0.15) is 33.1 Å². The van der Waals surface area contributed by atoms with Crippen LogP contribution in [-0.2, 0) is 28.7 Å². The first-order valence-electron chi connectivity index (χ1n) is 14.0. The number of fused-ring (bicyclic) bond motifs is 1. The summed E-state index contributed by atoms with van der Waals surface area (Å²) in [6.45, 7) is 10.5. The number of aliphatic hydroxyl groups is 1. The average Bonchev–Trinajstić information content (AvgIpc) is 3.56. The van der Waals surface area contributed by atoms with Crippen molar-refractivity contribution < 1.29 is 33.8 Å². The number of carbonyl (C=O) groups is 4. The number of anilines is 1. The molecule has 42 heavy (non-hydrogen) atoms. The van der Waals surface area contributed by atoms with Gasteiger partial charge < -0.3 is 29.7 Å². The molecule has 3 heterocycles. The lowest BCUT2D eigenvalue weighted by Crippen LogP contribution is -2.58. The lowest BCUT2D eigenvalue weighted by molar-refractivity contribution is -0.159. The fourth-order valence-electron chi connectivity index (χ4n) is 6.33. The van der Waals surface area contributed by atoms with Crippen LogP contribution < -0.4 is 10.2 Å². The Bertz CT molecular complexity index is 1250. The van der Waals surface area contributed by atoms with E-state index in [1.54, 1.807) is 50.3 Å². The number of carbonyl (C=O) groups excluding carboxylic acids is 4. The number of para-hydroxylation sites is 1. The predicted molar refractivity (Wildman–Crippen MR) is 161 cm³/mol. The number of aliphatic hydroxyl groups excluding tert-OH is 1. The van der Waals surface area contributed by atoms with Gasteiger partial charge in [0.05, 0.1) is 47.8 Å². The number of nitrogens with one attached hydrogen (secondary N) is 1. The third kappa shape index (κ3) is 5.76. The summed E-state index contributed by atoms with van der Waals surface area (Å²) < 4.78 is 12.2. The molecule has 1 aromatic carbocycles. The van der Waals surface area contributed by atoms with E-state index in [-0.39, 0.29) is 30.2 Å². The van der Waals surface area contributed by atoms with Crippen LogP contribution in [0.2, 0.25) is 5.02 Å². The van der Waals surface area contributed by atoms with Gasteiger partial charge in [0.25, 0.3) is 5.91 Å². The van der Waals surface area contributed by atoms with Crippen LogP contribution >= 0.6 is 27.5 Å². The summed E-state index contributed by atoms with van der Waals surface area (Å²) in [5.74, 6) is -3.74. The summed E-state index contributed by atoms with van der Waals surface area (Å²) in [7, 11) is 0. The molecule has 0 radical (unpaired) electrons. The molecular weight excluding hydrogens is 630 g/mol. The zero-order valence-corrected chi connectivity index (χ0v) is 26.1. The van der Waals surface area contributed by atoms with E-state index in [1.165, 1.54) is 9.80 Å². The van der Waals surface area contributed by atoms with E-state index < -0.39 is 66.1 Å². The summed E-state index contributed by atoms with van der Waals surface area (Å²) in [5, 5.41) is 13.2. The second kappa shape index (κ2) is 13.3. The van der Waals surface area contributed by atoms with E-state index >= 15 is 0 Å². The van der Waals surface area contributed by atoms with Gasteiger partial charge in [0.2, 0.25) is 11.8 Å². The van der Waals surface area contributed by atoms with Crippen LogP contribution in [0, 0.1) is 11.8 Å². The van der Waals surface area contributed by atoms with E-state index in [9.17, 15) is 24.3 Å². The fourth-order valence-corrected chi connectivity index (χ4v) is 7.51. The molecule has 3 fully saturated rings. The third-order valence-electron chi connectivity index (χ3n) is 8.17. The molecule has 1 unspecified atom stereocenters. The van der Waals surface area contributed by atoms with Gasteiger partial charge >= 0.3 is 5.97 Å². The SMILES string of the molecule is C=CCCC(=O)NC[C@@H](C)OC(=O)[C@@H]1[C@H]2O[C@@]3(CC2Br)[C@H](C(=O)N(CC=C)c2ccccc2Cl)N([C@H](C)CO)C(=O)[C@@H]13. The van der Waals surface area contributed by atoms with Crippen molar-refractivity contribution in [3.8, 4) is 0 Å². The van der Waals surface area contributed by atoms with E-state index in [2.05, 4.69) is 34.4 Å². The first-order chi connectivity index (χ1) is 20.0. The summed E-state index contributed by atoms with van der Waals surface area (Å²) in [5.41, 5.74) is -0.904. The van der Waals surface area contributed by atoms with Crippen LogP contribution in [0.15, 0.2) is 49.6 Å². The Morgan fingerprint density at radius 1 is 1.31 bits per heavy atom. The van der Waals surface area contributed by atoms with Crippen LogP contribution in [0.25, 0.3) is 0 Å². The summed E-state index contributed by atoms with van der Waals surface area (Å²) in [4.78, 5) is 56.7. The molecule has 228 valence electrons. The minimum atomic E-state index is -1.34. The highest BCUT2D eigenvalue weighted by molar-refractivity contribution is 9.09. The van der Waals surface area contributed by atoms with Crippen molar-refractivity contribution in [2.24, 2.45) is 11.8 Å². The molecule has 3 amide bonds. The molecular formula is C30H37BrClN3O7. The van der Waals surface area contributed by atoms with Crippen molar-refractivity contribution in [1.29, 1.82) is 0 Å². The molecule has 0 aromatic heterocycles. The lowest BCUT2D eigenvalue weighted by Gasteiger charge is -2.38. The van der Waals surface area contributed by atoms with E-state index in [0.717, 1.165) is 0 Å². The normalized spacial score (nSPS) is 29.0. The standard InChI is InChI=1S/C30H37BrClN3O7/c1-5-7-12-22(37)33-15-18(4)41-29(40)23-24-27(38)35(17(3)16-36)26(30(24)14-19(31)25(23)42-30)28(39)34(13-6-2)21-11-9-8-10-20(21)32/h5-6,8-11,17-19,23-26,36H,1-2,7,12-16H2,3-4H3,(H,33,37)/t17-,18-,19?,23+,24-,25+,26+,30-/m1/s1. The molecule has 12 heteroatoms. The van der Waals surface area contributed by atoms with Gasteiger partial charge in [-0.2, -0.15) is 0 Å². The smallest absolute Gasteiger partial charge is 0.312 e. The Hall–Kier alpha value is -2.73. The number of amides is 3. The van der Waals surface area contributed by atoms with Crippen molar-refractivity contribution >= 4 is 56.9 Å². The zero-order valence-electron chi connectivity index (χ0n) is 23.7. The molecule has 3 aliphatic rings. The van der Waals surface area contributed by atoms with Gasteiger partial charge in [-0.3, -0.25) is 19.2 Å². The Labute approximate surface area is 259 Å². The average molecular weight is 667 g/mol. The highest BCUT2D eigenvalue weighted by atomic mass is 79.9. The molecule has 3 saturated heterocycles. The number of alkyl halides is 1. The van der Waals surface area contributed by atoms with E-state index in [4.69, 9.17) is 21.1 Å². The number of rotatable bonds is 13. The maximum absolute atomic E-state index is 14.5. The second-order valence-corrected chi connectivity index (χ2v) is 12.6. The number of hydrogen-bond donors (Lipinski definition) is 2. The topological polar surface area (TPSA) is 125 Å². The molecule has 2 N–H and O–H groups in total. The minimum Gasteiger partial charge on any atom is -0.460 e. The number of benzene rings is 1. The highest BCUT2D eigenvalue weighted by Gasteiger charge is 2.77. The first-order valence-corrected chi connectivity index (χ1v) is 15.3. The number of esters is 1. The minimum absolute atomic E-state index is 0.102. The van der Waals surface area contributed by atoms with Crippen LogP contribution in [0.4, 0.5) is 5.69 Å². The van der Waals surface area contributed by atoms with Crippen molar-refractivity contribution in [2.45, 2.75) is 67.8 Å². The molecule has 0 aliphatic carbocycles. The number of hydrogen-bond acceptors (Lipinski definition) is 7. The maximum atomic E-state index is 14.5. The molecule has 8 atom stereocenters. The zero-order chi connectivity index (χ0) is 30.8. The van der Waals surface area contributed by atoms with Gasteiger partial charge in [-0.05, 0) is 38.8 Å². The Morgan fingerprint density at radius 2 is 2.02 bits per heavy atom. The van der Waals surface area contributed by atoms with Gasteiger partial charge in [0.15, 0.2) is 0 Å². The molecule has 0 saturated carbocycles. The highest BCUT2D eigenvalue weighted by Crippen LogP contribution is 2.60. The van der Waals surface area contributed by atoms with Gasteiger partial charge in [-0.1, -0.05) is 51.8 Å². The fraction of sp³-hybridized carbons (Fsp3) is 0.533. The van der Waals surface area contributed by atoms with Gasteiger partial charge in [-0.25, -0.2) is 0 Å². The molecule has 3 aliphatic heterocycles. The van der Waals surface area contributed by atoms with Gasteiger partial charge in [-0.15, -0.1) is 13.2 Å². The Kier molecular flexibility index (Phi) is 10.2. The number of halogens is 2. The van der Waals surface area contributed by atoms with Crippen molar-refractivity contribution in [3.05, 3.63) is 54.6 Å². The third-order valence-corrected chi connectivity index (χ3v) is 9.34. The summed E-state index contributed by atoms with van der Waals surface area (Å²) in [6, 6.07) is 4.99. The second-order valence-electron chi connectivity index (χ2n) is 11.0. The number of nitrogens with zero attached hydrogens (tertiary/aromatic N) is 2. The van der Waals surface area contributed by atoms with E-state index in [0.29, 0.717) is 23.6 Å². The number of likely N-dealkylation sites (tertiary alicyclic amines) is 1. The Morgan fingerprint density at radius 3 is 2.67 bits per heavy atom. The lowest BCUT2D eigenvalue weighted by atomic mass is 9.70. The van der Waals surface area contributed by atoms with Crippen LogP contribution in [0.3, 0.4) is 0 Å². The largest absolute Gasteiger partial charge is 0.460 e. The van der Waals surface area contributed by atoms with Crippen LogP contribution in [-0.4, -0.2) is 88.1 Å². The van der Waals surface area contributed by atoms with Crippen molar-refractivity contribution in [1.82, 2.24) is 10.2 Å². The quantitative estimate of drug-likeness (QED) is 0.188. The first kappa shape index (κ1) is 32.2. The molecule has 2 bridgehead atoms. The van der Waals surface area contributed by atoms with E-state index in [1.807, 2.05) is 0 Å². The molecule has 10 nitrogen and oxygen atoms in total. The summed E-state index contributed by atoms with van der Waals surface area (Å²) >= 11 is 10.1. The van der Waals surface area contributed by atoms with Crippen molar-refractivity contribution in [2.75, 3.05) is 24.6 Å². The van der Waals surface area contributed by atoms with Gasteiger partial charge in [0, 0.05) is 17.8 Å². The van der Waals surface area contributed by atoms with Crippen LogP contribution in [0.5, 0.6) is 0 Å². The monoisotopic (exact) mass is 665 g/mol. The molecule has 1 aromatic rings. The molecule has 1 spiro atoms. The maximum Gasteiger partial charge on any atom is 0.312 e. The number of allylic oxidation sites excluding steroid dienone is 1. The summed E-state index contributed by atoms with van der Waals surface area (Å²) in [6.07, 6.45) is 2.93. The Balaban J connectivity index is 1.65. The molecule has 4 rings (SSSR count). The van der Waals surface area contributed by atoms with Gasteiger partial charge in [0.1, 0.15) is 17.7 Å².